The van der Waals surface area contributed by atoms with E-state index in [1.807, 2.05) is 0 Å². The number of nitrogens with zero attached hydrogens (tertiary/aromatic N) is 1. The lowest BCUT2D eigenvalue weighted by Gasteiger charge is -2.18. The van der Waals surface area contributed by atoms with Crippen LogP contribution in [0, 0.1) is 5.82 Å². The second kappa shape index (κ2) is 8.52. The average Bonchev–Trinajstić information content (AvgIpc) is 3.44. The maximum absolute atomic E-state index is 13.2. The fraction of sp³-hybridized carbons (Fsp3) is 0.227. The minimum absolute atomic E-state index is 0.0673. The van der Waals surface area contributed by atoms with Crippen molar-refractivity contribution in [3.05, 3.63) is 84.1 Å². The van der Waals surface area contributed by atoms with Gasteiger partial charge in [-0.25, -0.2) is 12.8 Å². The van der Waals surface area contributed by atoms with Gasteiger partial charge in [0.2, 0.25) is 10.0 Å². The van der Waals surface area contributed by atoms with E-state index in [2.05, 4.69) is 5.32 Å². The van der Waals surface area contributed by atoms with Crippen LogP contribution in [-0.4, -0.2) is 44.9 Å². The summed E-state index contributed by atoms with van der Waals surface area (Å²) in [4.78, 5) is 12.8. The van der Waals surface area contributed by atoms with Gasteiger partial charge in [-0.05, 0) is 48.5 Å². The number of furan rings is 1. The highest BCUT2D eigenvalue weighted by Crippen LogP contribution is 2.32. The maximum atomic E-state index is 13.2. The van der Waals surface area contributed by atoms with Gasteiger partial charge in [0, 0.05) is 24.7 Å². The predicted molar refractivity (Wildman–Crippen MR) is 111 cm³/mol. The number of carbonyl (C=O) groups excluding carboxylic acids is 1. The Labute approximate surface area is 179 Å². The van der Waals surface area contributed by atoms with Gasteiger partial charge in [0.25, 0.3) is 5.91 Å². The molecule has 1 N–H and O–H groups in total. The molecule has 2 aromatic carbocycles. The average molecular weight is 444 g/mol. The van der Waals surface area contributed by atoms with Gasteiger partial charge >= 0.3 is 0 Å². The highest BCUT2D eigenvalue weighted by Gasteiger charge is 2.42. The van der Waals surface area contributed by atoms with E-state index in [4.69, 9.17) is 9.15 Å². The van der Waals surface area contributed by atoms with Gasteiger partial charge in [0.15, 0.2) is 0 Å². The monoisotopic (exact) mass is 444 g/mol. The third-order valence-electron chi connectivity index (χ3n) is 5.30. The number of carbonyl (C=O) groups is 1. The number of halogens is 1. The summed E-state index contributed by atoms with van der Waals surface area (Å²) in [5, 5.41) is 2.88. The first-order valence-corrected chi connectivity index (χ1v) is 11.1. The molecule has 0 saturated carbocycles. The summed E-state index contributed by atoms with van der Waals surface area (Å²) in [7, 11) is -2.36. The molecule has 9 heteroatoms. The highest BCUT2D eigenvalue weighted by atomic mass is 32.2. The molecule has 1 aliphatic rings. The first-order chi connectivity index (χ1) is 14.9. The zero-order valence-corrected chi connectivity index (χ0v) is 17.5. The van der Waals surface area contributed by atoms with E-state index in [0.717, 1.165) is 0 Å². The van der Waals surface area contributed by atoms with Gasteiger partial charge in [0.05, 0.1) is 30.2 Å². The summed E-state index contributed by atoms with van der Waals surface area (Å²) in [6.07, 6.45) is 1.51. The fourth-order valence-electron chi connectivity index (χ4n) is 3.66. The minimum Gasteiger partial charge on any atom is -0.497 e. The van der Waals surface area contributed by atoms with Crippen LogP contribution in [0.3, 0.4) is 0 Å². The molecule has 31 heavy (non-hydrogen) atoms. The Kier molecular flexibility index (Phi) is 5.79. The lowest BCUT2D eigenvalue weighted by Crippen LogP contribution is -2.40. The van der Waals surface area contributed by atoms with Crippen LogP contribution in [0.5, 0.6) is 5.75 Å². The molecule has 3 aromatic rings. The van der Waals surface area contributed by atoms with Crippen LogP contribution in [0.1, 0.15) is 22.0 Å². The van der Waals surface area contributed by atoms with Gasteiger partial charge in [-0.2, -0.15) is 4.31 Å². The zero-order valence-electron chi connectivity index (χ0n) is 16.7. The molecule has 0 aliphatic carbocycles. The lowest BCUT2D eigenvalue weighted by atomic mass is 10.0. The Bertz CT molecular complexity index is 1160. The van der Waals surface area contributed by atoms with E-state index >= 15 is 0 Å². The molecule has 0 radical (unpaired) electrons. The lowest BCUT2D eigenvalue weighted by molar-refractivity contribution is 0.0935. The molecule has 1 saturated heterocycles. The smallest absolute Gasteiger partial charge is 0.251 e. The van der Waals surface area contributed by atoms with E-state index in [1.165, 1.54) is 54.1 Å². The molecule has 0 bridgehead atoms. The first-order valence-electron chi connectivity index (χ1n) is 9.62. The molecule has 2 atom stereocenters. The van der Waals surface area contributed by atoms with Gasteiger partial charge in [-0.1, -0.05) is 6.07 Å². The number of sulfonamides is 1. The van der Waals surface area contributed by atoms with Gasteiger partial charge in [-0.15, -0.1) is 0 Å². The summed E-state index contributed by atoms with van der Waals surface area (Å²) in [5.41, 5.74) is 0.286. The minimum atomic E-state index is -3.82. The normalized spacial score (nSPS) is 19.3. The van der Waals surface area contributed by atoms with Crippen molar-refractivity contribution in [2.24, 2.45) is 0 Å². The molecule has 1 amide bonds. The molecule has 1 aliphatic heterocycles. The van der Waals surface area contributed by atoms with Crippen LogP contribution < -0.4 is 10.1 Å². The van der Waals surface area contributed by atoms with Crippen LogP contribution in [0.25, 0.3) is 0 Å². The second-order valence-corrected chi connectivity index (χ2v) is 9.15. The third-order valence-corrected chi connectivity index (χ3v) is 7.12. The molecule has 0 unspecified atom stereocenters. The van der Waals surface area contributed by atoms with Crippen LogP contribution >= 0.6 is 0 Å². The molecule has 162 valence electrons. The van der Waals surface area contributed by atoms with Crippen molar-refractivity contribution in [2.45, 2.75) is 16.9 Å². The number of rotatable bonds is 6. The fourth-order valence-corrected chi connectivity index (χ4v) is 5.19. The number of ether oxygens (including phenoxy) is 1. The number of methoxy groups -OCH3 is 1. The van der Waals surface area contributed by atoms with E-state index in [0.29, 0.717) is 11.5 Å². The molecular weight excluding hydrogens is 423 g/mol. The van der Waals surface area contributed by atoms with Crippen molar-refractivity contribution in [1.82, 2.24) is 9.62 Å². The topological polar surface area (TPSA) is 88.9 Å². The summed E-state index contributed by atoms with van der Waals surface area (Å²) in [6, 6.07) is 14.4. The third kappa shape index (κ3) is 4.33. The molecule has 1 fully saturated rings. The molecule has 7 nitrogen and oxygen atoms in total. The molecule has 1 aromatic heterocycles. The quantitative estimate of drug-likeness (QED) is 0.631. The van der Waals surface area contributed by atoms with E-state index in [9.17, 15) is 17.6 Å². The number of benzene rings is 2. The number of hydrogen-bond donors (Lipinski definition) is 1. The maximum Gasteiger partial charge on any atom is 0.251 e. The van der Waals surface area contributed by atoms with Crippen molar-refractivity contribution < 1.29 is 26.8 Å². The van der Waals surface area contributed by atoms with Gasteiger partial charge in [-0.3, -0.25) is 4.79 Å². The SMILES string of the molecule is COc1cccc(S(=O)(=O)N2C[C@@H](NC(=O)c3ccc(F)cc3)[C@H](c3ccco3)C2)c1. The predicted octanol–water partition coefficient (Wildman–Crippen LogP) is 3.01. The number of nitrogens with one attached hydrogen (secondary N) is 1. The Morgan fingerprint density at radius 3 is 2.58 bits per heavy atom. The van der Waals surface area contributed by atoms with Crippen LogP contribution in [0.2, 0.25) is 0 Å². The van der Waals surface area contributed by atoms with E-state index in [1.54, 1.807) is 24.3 Å². The van der Waals surface area contributed by atoms with Gasteiger partial charge < -0.3 is 14.5 Å². The van der Waals surface area contributed by atoms with Crippen molar-refractivity contribution in [3.8, 4) is 5.75 Å². The summed E-state index contributed by atoms with van der Waals surface area (Å²) in [5.74, 6) is -0.222. The number of hydrogen-bond acceptors (Lipinski definition) is 5. The van der Waals surface area contributed by atoms with Crippen LogP contribution in [-0.2, 0) is 10.0 Å². The Balaban J connectivity index is 1.60. The first kappa shape index (κ1) is 21.1. The number of amides is 1. The van der Waals surface area contributed by atoms with Crippen molar-refractivity contribution in [1.29, 1.82) is 0 Å². The van der Waals surface area contributed by atoms with Crippen molar-refractivity contribution in [2.75, 3.05) is 20.2 Å². The Morgan fingerprint density at radius 1 is 1.13 bits per heavy atom. The van der Waals surface area contributed by atoms with E-state index in [-0.39, 0.29) is 29.5 Å². The summed E-state index contributed by atoms with van der Waals surface area (Å²) >= 11 is 0. The largest absolute Gasteiger partial charge is 0.497 e. The highest BCUT2D eigenvalue weighted by molar-refractivity contribution is 7.89. The van der Waals surface area contributed by atoms with Crippen molar-refractivity contribution in [3.63, 3.8) is 0 Å². The van der Waals surface area contributed by atoms with Crippen molar-refractivity contribution >= 4 is 15.9 Å². The van der Waals surface area contributed by atoms with Crippen LogP contribution in [0.4, 0.5) is 4.39 Å². The second-order valence-electron chi connectivity index (χ2n) is 7.21. The summed E-state index contributed by atoms with van der Waals surface area (Å²) < 4.78 is 51.6. The molecule has 0 spiro atoms. The molecule has 2 heterocycles. The Hall–Kier alpha value is -3.17. The van der Waals surface area contributed by atoms with Crippen LogP contribution in [0.15, 0.2) is 76.2 Å². The molecular formula is C22H21FN2O5S. The Morgan fingerprint density at radius 2 is 1.90 bits per heavy atom. The van der Waals surface area contributed by atoms with E-state index < -0.39 is 27.8 Å². The zero-order chi connectivity index (χ0) is 22.0. The van der Waals surface area contributed by atoms with Gasteiger partial charge in [0.1, 0.15) is 17.3 Å². The summed E-state index contributed by atoms with van der Waals surface area (Å²) in [6.45, 7) is 0.208. The molecule has 4 rings (SSSR count). The standard InChI is InChI=1S/C22H21FN2O5S/c1-29-17-4-2-5-18(12-17)31(27,28)25-13-19(21-6-3-11-30-21)20(14-25)24-22(26)15-7-9-16(23)10-8-15/h2-12,19-20H,13-14H2,1H3,(H,24,26)/t19-,20-/m1/s1.